The molecule has 0 fully saturated rings. The first-order valence-electron chi connectivity index (χ1n) is 6.39. The van der Waals surface area contributed by atoms with Gasteiger partial charge in [-0.3, -0.25) is 9.69 Å². The molecule has 0 saturated heterocycles. The van der Waals surface area contributed by atoms with Crippen molar-refractivity contribution in [3.8, 4) is 0 Å². The number of aryl methyl sites for hydroxylation is 1. The molecular weight excluding hydrogens is 212 g/mol. The molecular formula is C14H24N2O. The van der Waals surface area contributed by atoms with Crippen molar-refractivity contribution in [2.24, 2.45) is 7.05 Å². The summed E-state index contributed by atoms with van der Waals surface area (Å²) >= 11 is 0. The lowest BCUT2D eigenvalue weighted by molar-refractivity contribution is 0.0933. The molecule has 0 saturated carbocycles. The number of nitrogens with zero attached hydrogens (tertiary/aromatic N) is 2. The Morgan fingerprint density at radius 1 is 1.35 bits per heavy atom. The van der Waals surface area contributed by atoms with Crippen LogP contribution >= 0.6 is 0 Å². The van der Waals surface area contributed by atoms with Gasteiger partial charge in [-0.2, -0.15) is 0 Å². The van der Waals surface area contributed by atoms with Gasteiger partial charge < -0.3 is 4.57 Å². The molecule has 0 atom stereocenters. The first-order valence-corrected chi connectivity index (χ1v) is 6.39. The number of Topliss-reactive ketones (excluding diaryl/α,β-unsaturated/α-hetero) is 1. The van der Waals surface area contributed by atoms with Crippen LogP contribution in [0.25, 0.3) is 0 Å². The maximum Gasteiger partial charge on any atom is 0.178 e. The molecule has 0 aliphatic rings. The maximum absolute atomic E-state index is 12.2. The summed E-state index contributed by atoms with van der Waals surface area (Å²) in [7, 11) is 2.01. The summed E-state index contributed by atoms with van der Waals surface area (Å²) in [5.41, 5.74) is 3.09. The highest BCUT2D eigenvalue weighted by molar-refractivity contribution is 5.99. The highest BCUT2D eigenvalue weighted by Gasteiger charge is 2.16. The van der Waals surface area contributed by atoms with E-state index in [-0.39, 0.29) is 5.78 Å². The molecule has 3 heteroatoms. The van der Waals surface area contributed by atoms with E-state index in [1.165, 1.54) is 0 Å². The lowest BCUT2D eigenvalue weighted by Gasteiger charge is -2.18. The summed E-state index contributed by atoms with van der Waals surface area (Å²) < 4.78 is 2.07. The van der Waals surface area contributed by atoms with Crippen molar-refractivity contribution in [1.29, 1.82) is 0 Å². The minimum Gasteiger partial charge on any atom is -0.351 e. The van der Waals surface area contributed by atoms with Crippen molar-refractivity contribution in [1.82, 2.24) is 9.47 Å². The average Bonchev–Trinajstić information content (AvgIpc) is 2.56. The topological polar surface area (TPSA) is 25.2 Å². The zero-order valence-corrected chi connectivity index (χ0v) is 11.7. The second-order valence-corrected chi connectivity index (χ2v) is 4.64. The van der Waals surface area contributed by atoms with Crippen molar-refractivity contribution < 1.29 is 4.79 Å². The highest BCUT2D eigenvalue weighted by Crippen LogP contribution is 2.14. The van der Waals surface area contributed by atoms with Gasteiger partial charge in [0, 0.05) is 24.0 Å². The SMILES string of the molecule is CCCN(CC)CC(=O)c1cc(C)n(C)c1C. The Balaban J connectivity index is 2.79. The minimum atomic E-state index is 0.238. The third-order valence-corrected chi connectivity index (χ3v) is 3.43. The highest BCUT2D eigenvalue weighted by atomic mass is 16.1. The molecule has 1 heterocycles. The van der Waals surface area contributed by atoms with Gasteiger partial charge in [0.1, 0.15) is 0 Å². The largest absolute Gasteiger partial charge is 0.351 e. The summed E-state index contributed by atoms with van der Waals surface area (Å²) in [6.07, 6.45) is 1.09. The molecule has 1 rings (SSSR count). The molecule has 0 aromatic carbocycles. The van der Waals surface area contributed by atoms with E-state index in [1.54, 1.807) is 0 Å². The van der Waals surface area contributed by atoms with E-state index in [4.69, 9.17) is 0 Å². The predicted molar refractivity (Wildman–Crippen MR) is 71.6 cm³/mol. The first-order chi connectivity index (χ1) is 8.01. The van der Waals surface area contributed by atoms with E-state index in [9.17, 15) is 4.79 Å². The van der Waals surface area contributed by atoms with Crippen LogP contribution < -0.4 is 0 Å². The van der Waals surface area contributed by atoms with Gasteiger partial charge in [0.05, 0.1) is 6.54 Å². The summed E-state index contributed by atoms with van der Waals surface area (Å²) in [4.78, 5) is 14.4. The second-order valence-electron chi connectivity index (χ2n) is 4.64. The molecule has 3 nitrogen and oxygen atoms in total. The number of rotatable bonds is 6. The lowest BCUT2D eigenvalue weighted by atomic mass is 10.1. The molecule has 1 aromatic heterocycles. The van der Waals surface area contributed by atoms with Crippen LogP contribution in [0, 0.1) is 13.8 Å². The average molecular weight is 236 g/mol. The van der Waals surface area contributed by atoms with Crippen molar-refractivity contribution in [3.05, 3.63) is 23.0 Å². The number of carbonyl (C=O) groups excluding carboxylic acids is 1. The van der Waals surface area contributed by atoms with E-state index >= 15 is 0 Å². The maximum atomic E-state index is 12.2. The Morgan fingerprint density at radius 2 is 2.00 bits per heavy atom. The van der Waals surface area contributed by atoms with Gasteiger partial charge in [-0.1, -0.05) is 13.8 Å². The minimum absolute atomic E-state index is 0.238. The first kappa shape index (κ1) is 14.0. The quantitative estimate of drug-likeness (QED) is 0.709. The van der Waals surface area contributed by atoms with Crippen LogP contribution in [0.15, 0.2) is 6.07 Å². The fraction of sp³-hybridized carbons (Fsp3) is 0.643. The monoisotopic (exact) mass is 236 g/mol. The van der Waals surface area contributed by atoms with Gasteiger partial charge in [0.2, 0.25) is 0 Å². The Hall–Kier alpha value is -1.09. The van der Waals surface area contributed by atoms with Gasteiger partial charge in [-0.25, -0.2) is 0 Å². The molecule has 0 bridgehead atoms. The van der Waals surface area contributed by atoms with Gasteiger partial charge >= 0.3 is 0 Å². The van der Waals surface area contributed by atoms with Crippen LogP contribution in [0.5, 0.6) is 0 Å². The van der Waals surface area contributed by atoms with Crippen LogP contribution in [0.2, 0.25) is 0 Å². The summed E-state index contributed by atoms with van der Waals surface area (Å²) in [5.74, 6) is 0.238. The Kier molecular flexibility index (Phi) is 4.94. The Bertz CT molecular complexity index is 393. The Morgan fingerprint density at radius 3 is 2.41 bits per heavy atom. The van der Waals surface area contributed by atoms with Crippen molar-refractivity contribution in [3.63, 3.8) is 0 Å². The van der Waals surface area contributed by atoms with E-state index < -0.39 is 0 Å². The van der Waals surface area contributed by atoms with Crippen molar-refractivity contribution in [2.45, 2.75) is 34.1 Å². The molecule has 0 aliphatic heterocycles. The number of carbonyl (C=O) groups is 1. The number of likely N-dealkylation sites (N-methyl/N-ethyl adjacent to an activating group) is 1. The van der Waals surface area contributed by atoms with E-state index in [0.717, 1.165) is 36.5 Å². The van der Waals surface area contributed by atoms with E-state index in [0.29, 0.717) is 6.54 Å². The molecule has 0 amide bonds. The Labute approximate surface area is 104 Å². The fourth-order valence-corrected chi connectivity index (χ4v) is 2.09. The zero-order valence-electron chi connectivity index (χ0n) is 11.7. The van der Waals surface area contributed by atoms with Gasteiger partial charge in [-0.05, 0) is 39.4 Å². The number of hydrogen-bond donors (Lipinski definition) is 0. The molecule has 0 spiro atoms. The van der Waals surface area contributed by atoms with Gasteiger partial charge in [-0.15, -0.1) is 0 Å². The molecule has 1 aromatic rings. The standard InChI is InChI=1S/C14H24N2O/c1-6-8-16(7-2)10-14(17)13-9-11(3)15(5)12(13)4/h9H,6-8,10H2,1-5H3. The molecule has 0 aliphatic carbocycles. The van der Waals surface area contributed by atoms with Crippen LogP contribution in [-0.4, -0.2) is 34.9 Å². The zero-order chi connectivity index (χ0) is 13.0. The van der Waals surface area contributed by atoms with Crippen LogP contribution in [0.4, 0.5) is 0 Å². The third kappa shape index (κ3) is 3.19. The number of ketones is 1. The molecule has 0 radical (unpaired) electrons. The van der Waals surface area contributed by atoms with Crippen LogP contribution in [-0.2, 0) is 7.05 Å². The molecule has 17 heavy (non-hydrogen) atoms. The third-order valence-electron chi connectivity index (χ3n) is 3.43. The summed E-state index contributed by atoms with van der Waals surface area (Å²) in [6, 6.07) is 2.00. The van der Waals surface area contributed by atoms with Gasteiger partial charge in [0.25, 0.3) is 0 Å². The number of hydrogen-bond acceptors (Lipinski definition) is 2. The normalized spacial score (nSPS) is 11.2. The summed E-state index contributed by atoms with van der Waals surface area (Å²) in [5, 5.41) is 0. The molecule has 0 unspecified atom stereocenters. The smallest absolute Gasteiger partial charge is 0.178 e. The summed E-state index contributed by atoms with van der Waals surface area (Å²) in [6.45, 7) is 10.8. The fourth-order valence-electron chi connectivity index (χ4n) is 2.09. The van der Waals surface area contributed by atoms with E-state index in [2.05, 4.69) is 23.3 Å². The number of aromatic nitrogens is 1. The van der Waals surface area contributed by atoms with Crippen molar-refractivity contribution in [2.75, 3.05) is 19.6 Å². The van der Waals surface area contributed by atoms with Crippen molar-refractivity contribution >= 4 is 5.78 Å². The van der Waals surface area contributed by atoms with Crippen LogP contribution in [0.1, 0.15) is 42.0 Å². The second kappa shape index (κ2) is 6.01. The molecule has 96 valence electrons. The molecule has 0 N–H and O–H groups in total. The van der Waals surface area contributed by atoms with Crippen LogP contribution in [0.3, 0.4) is 0 Å². The predicted octanol–water partition coefficient (Wildman–Crippen LogP) is 2.56. The lowest BCUT2D eigenvalue weighted by Crippen LogP contribution is -2.30. The van der Waals surface area contributed by atoms with E-state index in [1.807, 2.05) is 27.0 Å². The van der Waals surface area contributed by atoms with Gasteiger partial charge in [0.15, 0.2) is 5.78 Å².